The molecular formula is C9H15NO3. The van der Waals surface area contributed by atoms with E-state index in [1.807, 2.05) is 4.90 Å². The number of carbonyl (C=O) groups is 1. The van der Waals surface area contributed by atoms with E-state index in [0.29, 0.717) is 25.6 Å². The van der Waals surface area contributed by atoms with E-state index in [-0.39, 0.29) is 5.91 Å². The van der Waals surface area contributed by atoms with Crippen LogP contribution in [0.5, 0.6) is 0 Å². The van der Waals surface area contributed by atoms with Crippen LogP contribution in [0.15, 0.2) is 0 Å². The molecule has 0 bridgehead atoms. The molecule has 2 aliphatic rings. The van der Waals surface area contributed by atoms with Crippen LogP contribution in [-0.2, 0) is 14.3 Å². The molecule has 0 aromatic rings. The second kappa shape index (κ2) is 4.07. The second-order valence-electron chi connectivity index (χ2n) is 3.60. The van der Waals surface area contributed by atoms with Gasteiger partial charge in [-0.25, -0.2) is 0 Å². The van der Waals surface area contributed by atoms with E-state index in [4.69, 9.17) is 9.47 Å². The van der Waals surface area contributed by atoms with Gasteiger partial charge >= 0.3 is 0 Å². The molecule has 0 atom stereocenters. The largest absolute Gasteiger partial charge is 0.381 e. The molecule has 0 aliphatic carbocycles. The zero-order valence-corrected chi connectivity index (χ0v) is 7.70. The number of morpholine rings is 1. The minimum Gasteiger partial charge on any atom is -0.381 e. The van der Waals surface area contributed by atoms with Crippen molar-refractivity contribution in [2.75, 3.05) is 39.5 Å². The van der Waals surface area contributed by atoms with Crippen LogP contribution in [0.2, 0.25) is 0 Å². The van der Waals surface area contributed by atoms with Crippen molar-refractivity contribution in [3.8, 4) is 0 Å². The molecule has 1 amide bonds. The Morgan fingerprint density at radius 3 is 2.46 bits per heavy atom. The summed E-state index contributed by atoms with van der Waals surface area (Å²) in [5.41, 5.74) is 0. The van der Waals surface area contributed by atoms with E-state index in [0.717, 1.165) is 26.3 Å². The third-order valence-corrected chi connectivity index (χ3v) is 2.53. The maximum absolute atomic E-state index is 11.6. The lowest BCUT2D eigenvalue weighted by atomic mass is 10.0. The highest BCUT2D eigenvalue weighted by Gasteiger charge is 2.25. The number of hydrogen-bond donors (Lipinski definition) is 0. The number of nitrogens with zero attached hydrogens (tertiary/aromatic N) is 1. The maximum atomic E-state index is 11.6. The molecule has 2 heterocycles. The molecule has 4 nitrogen and oxygen atoms in total. The van der Waals surface area contributed by atoms with E-state index in [2.05, 4.69) is 0 Å². The average molecular weight is 185 g/mol. The van der Waals surface area contributed by atoms with Crippen LogP contribution in [0.4, 0.5) is 0 Å². The van der Waals surface area contributed by atoms with Crippen molar-refractivity contribution in [2.24, 2.45) is 5.92 Å². The molecule has 2 rings (SSSR count). The fraction of sp³-hybridized carbons (Fsp3) is 0.889. The summed E-state index contributed by atoms with van der Waals surface area (Å²) >= 11 is 0. The molecule has 4 heteroatoms. The first kappa shape index (κ1) is 8.97. The number of hydrogen-bond acceptors (Lipinski definition) is 3. The predicted molar refractivity (Wildman–Crippen MR) is 46.3 cm³/mol. The fourth-order valence-corrected chi connectivity index (χ4v) is 1.59. The Morgan fingerprint density at radius 1 is 1.23 bits per heavy atom. The van der Waals surface area contributed by atoms with Gasteiger partial charge in [0.25, 0.3) is 0 Å². The van der Waals surface area contributed by atoms with Crippen molar-refractivity contribution in [1.82, 2.24) is 4.90 Å². The zero-order chi connectivity index (χ0) is 9.10. The summed E-state index contributed by atoms with van der Waals surface area (Å²) in [6.07, 6.45) is 0.653. The Morgan fingerprint density at radius 2 is 1.92 bits per heavy atom. The maximum Gasteiger partial charge on any atom is 0.223 e. The first-order valence-corrected chi connectivity index (χ1v) is 4.79. The lowest BCUT2D eigenvalue weighted by Crippen LogP contribution is -2.43. The summed E-state index contributed by atoms with van der Waals surface area (Å²) in [5, 5.41) is 0. The van der Waals surface area contributed by atoms with Crippen LogP contribution < -0.4 is 0 Å². The van der Waals surface area contributed by atoms with Gasteiger partial charge in [-0.3, -0.25) is 4.79 Å². The minimum absolute atomic E-state index is 0.261. The van der Waals surface area contributed by atoms with Gasteiger partial charge in [0.15, 0.2) is 0 Å². The summed E-state index contributed by atoms with van der Waals surface area (Å²) in [6, 6.07) is 0. The summed E-state index contributed by atoms with van der Waals surface area (Å²) in [5.74, 6) is 0.729. The quantitative estimate of drug-likeness (QED) is 0.602. The highest BCUT2D eigenvalue weighted by molar-refractivity contribution is 5.76. The summed E-state index contributed by atoms with van der Waals surface area (Å²) in [4.78, 5) is 13.5. The molecule has 0 aromatic heterocycles. The highest BCUT2D eigenvalue weighted by Crippen LogP contribution is 2.16. The summed E-state index contributed by atoms with van der Waals surface area (Å²) in [7, 11) is 0. The second-order valence-corrected chi connectivity index (χ2v) is 3.60. The first-order valence-electron chi connectivity index (χ1n) is 4.79. The van der Waals surface area contributed by atoms with Crippen LogP contribution in [0.3, 0.4) is 0 Å². The number of amides is 1. The van der Waals surface area contributed by atoms with E-state index in [1.165, 1.54) is 0 Å². The highest BCUT2D eigenvalue weighted by atomic mass is 16.5. The monoisotopic (exact) mass is 185 g/mol. The van der Waals surface area contributed by atoms with Gasteiger partial charge in [0.05, 0.1) is 26.4 Å². The van der Waals surface area contributed by atoms with Gasteiger partial charge in [0.2, 0.25) is 5.91 Å². The van der Waals surface area contributed by atoms with Gasteiger partial charge in [-0.05, 0) is 0 Å². The number of ether oxygens (including phenoxy) is 2. The molecule has 0 N–H and O–H groups in total. The molecular weight excluding hydrogens is 170 g/mol. The third kappa shape index (κ3) is 2.19. The lowest BCUT2D eigenvalue weighted by molar-refractivity contribution is -0.140. The normalized spacial score (nSPS) is 24.2. The van der Waals surface area contributed by atoms with Gasteiger partial charge in [0.1, 0.15) is 0 Å². The lowest BCUT2D eigenvalue weighted by Gasteiger charge is -2.31. The molecule has 13 heavy (non-hydrogen) atoms. The third-order valence-electron chi connectivity index (χ3n) is 2.53. The Kier molecular flexibility index (Phi) is 2.80. The Hall–Kier alpha value is -0.610. The van der Waals surface area contributed by atoms with Crippen molar-refractivity contribution in [3.05, 3.63) is 0 Å². The van der Waals surface area contributed by atoms with Crippen LogP contribution in [0.25, 0.3) is 0 Å². The Balaban J connectivity index is 1.74. The summed E-state index contributed by atoms with van der Waals surface area (Å²) in [6.45, 7) is 4.41. The van der Waals surface area contributed by atoms with E-state index in [9.17, 15) is 4.79 Å². The van der Waals surface area contributed by atoms with Gasteiger partial charge in [0, 0.05) is 25.4 Å². The van der Waals surface area contributed by atoms with Crippen molar-refractivity contribution in [2.45, 2.75) is 6.42 Å². The van der Waals surface area contributed by atoms with E-state index in [1.54, 1.807) is 0 Å². The molecule has 0 unspecified atom stereocenters. The molecule has 0 radical (unpaired) electrons. The van der Waals surface area contributed by atoms with Crippen molar-refractivity contribution < 1.29 is 14.3 Å². The SMILES string of the molecule is O=C(CC1COC1)N1CCOCC1. The van der Waals surface area contributed by atoms with Crippen LogP contribution in [-0.4, -0.2) is 50.3 Å². The first-order chi connectivity index (χ1) is 6.36. The Bertz CT molecular complexity index is 185. The molecule has 0 aromatic carbocycles. The topological polar surface area (TPSA) is 38.8 Å². The van der Waals surface area contributed by atoms with Gasteiger partial charge in [-0.1, -0.05) is 0 Å². The zero-order valence-electron chi connectivity index (χ0n) is 7.70. The molecule has 0 spiro atoms. The molecule has 74 valence electrons. The molecule has 0 saturated carbocycles. The minimum atomic E-state index is 0.261. The number of carbonyl (C=O) groups excluding carboxylic acids is 1. The van der Waals surface area contributed by atoms with Crippen molar-refractivity contribution in [1.29, 1.82) is 0 Å². The molecule has 2 aliphatic heterocycles. The van der Waals surface area contributed by atoms with Gasteiger partial charge in [-0.15, -0.1) is 0 Å². The van der Waals surface area contributed by atoms with Gasteiger partial charge < -0.3 is 14.4 Å². The number of rotatable bonds is 2. The van der Waals surface area contributed by atoms with Gasteiger partial charge in [-0.2, -0.15) is 0 Å². The van der Waals surface area contributed by atoms with E-state index >= 15 is 0 Å². The van der Waals surface area contributed by atoms with Crippen molar-refractivity contribution in [3.63, 3.8) is 0 Å². The molecule has 2 fully saturated rings. The van der Waals surface area contributed by atoms with Crippen LogP contribution >= 0.6 is 0 Å². The smallest absolute Gasteiger partial charge is 0.223 e. The average Bonchev–Trinajstić information content (AvgIpc) is 2.12. The molecule has 2 saturated heterocycles. The van der Waals surface area contributed by atoms with Crippen LogP contribution in [0.1, 0.15) is 6.42 Å². The fourth-order valence-electron chi connectivity index (χ4n) is 1.59. The van der Waals surface area contributed by atoms with E-state index < -0.39 is 0 Å². The predicted octanol–water partition coefficient (Wildman–Crippen LogP) is -0.118. The Labute approximate surface area is 77.8 Å². The summed E-state index contributed by atoms with van der Waals surface area (Å²) < 4.78 is 10.2. The standard InChI is InChI=1S/C9H15NO3/c11-9(5-8-6-13-7-8)10-1-3-12-4-2-10/h8H,1-7H2. The van der Waals surface area contributed by atoms with Crippen LogP contribution in [0, 0.1) is 5.92 Å². The van der Waals surface area contributed by atoms with Crippen molar-refractivity contribution >= 4 is 5.91 Å².